The van der Waals surface area contributed by atoms with Gasteiger partial charge in [-0.3, -0.25) is 0 Å². The van der Waals surface area contributed by atoms with Crippen molar-refractivity contribution in [2.24, 2.45) is 0 Å². The zero-order valence-electron chi connectivity index (χ0n) is 10.7. The van der Waals surface area contributed by atoms with E-state index in [1.165, 1.54) is 25.7 Å². The van der Waals surface area contributed by atoms with E-state index in [2.05, 4.69) is 21.2 Å². The number of nitriles is 1. The molecule has 3 rings (SSSR count). The predicted octanol–water partition coefficient (Wildman–Crippen LogP) is 3.37. The zero-order chi connectivity index (χ0) is 13.1. The van der Waals surface area contributed by atoms with Gasteiger partial charge in [0.25, 0.3) is 5.89 Å². The van der Waals surface area contributed by atoms with Gasteiger partial charge in [-0.15, -0.1) is 0 Å². The van der Waals surface area contributed by atoms with Gasteiger partial charge < -0.3 is 9.51 Å². The number of aromatic nitrogens is 3. The van der Waals surface area contributed by atoms with Crippen LogP contribution < -0.4 is 0 Å². The highest BCUT2D eigenvalue weighted by atomic mass is 16.5. The second-order valence-corrected chi connectivity index (χ2v) is 5.06. The quantitative estimate of drug-likeness (QED) is 0.835. The fourth-order valence-corrected chi connectivity index (χ4v) is 2.64. The van der Waals surface area contributed by atoms with E-state index in [1.54, 1.807) is 12.3 Å². The molecule has 2 aromatic heterocycles. The summed E-state index contributed by atoms with van der Waals surface area (Å²) in [6.07, 6.45) is 9.14. The molecule has 1 N–H and O–H groups in total. The summed E-state index contributed by atoms with van der Waals surface area (Å²) in [6, 6.07) is 3.78. The predicted molar refractivity (Wildman–Crippen MR) is 69.2 cm³/mol. The third-order valence-corrected chi connectivity index (χ3v) is 3.71. The molecule has 0 spiro atoms. The van der Waals surface area contributed by atoms with Crippen LogP contribution in [0.3, 0.4) is 0 Å². The molecule has 98 valence electrons. The van der Waals surface area contributed by atoms with Crippen LogP contribution in [-0.2, 0) is 0 Å². The minimum atomic E-state index is 0.425. The van der Waals surface area contributed by atoms with E-state index in [9.17, 15) is 0 Å². The molecular weight excluding hydrogens is 240 g/mol. The lowest BCUT2D eigenvalue weighted by Crippen LogP contribution is -1.99. The number of H-pyrrole nitrogens is 1. The van der Waals surface area contributed by atoms with Crippen LogP contribution in [0.4, 0.5) is 0 Å². The maximum atomic E-state index is 8.79. The van der Waals surface area contributed by atoms with Crippen LogP contribution in [0.1, 0.15) is 56.0 Å². The molecule has 1 fully saturated rings. The molecule has 1 saturated carbocycles. The lowest BCUT2D eigenvalue weighted by atomic mass is 10.00. The Morgan fingerprint density at radius 2 is 2.05 bits per heavy atom. The molecule has 0 amide bonds. The van der Waals surface area contributed by atoms with Crippen molar-refractivity contribution >= 4 is 0 Å². The highest BCUT2D eigenvalue weighted by Gasteiger charge is 2.20. The summed E-state index contributed by atoms with van der Waals surface area (Å²) in [5, 5.41) is 12.9. The topological polar surface area (TPSA) is 78.5 Å². The second kappa shape index (κ2) is 5.27. The summed E-state index contributed by atoms with van der Waals surface area (Å²) >= 11 is 0. The molecule has 1 aliphatic rings. The third-order valence-electron chi connectivity index (χ3n) is 3.71. The Morgan fingerprint density at radius 3 is 2.74 bits per heavy atom. The molecule has 0 saturated heterocycles. The van der Waals surface area contributed by atoms with E-state index >= 15 is 0 Å². The van der Waals surface area contributed by atoms with Crippen LogP contribution in [0.2, 0.25) is 0 Å². The van der Waals surface area contributed by atoms with E-state index in [4.69, 9.17) is 9.78 Å². The van der Waals surface area contributed by atoms with Gasteiger partial charge in [0.05, 0.1) is 5.56 Å². The van der Waals surface area contributed by atoms with E-state index in [1.807, 2.05) is 0 Å². The Labute approximate surface area is 111 Å². The van der Waals surface area contributed by atoms with Crippen molar-refractivity contribution in [1.29, 1.82) is 5.26 Å². The standard InChI is InChI=1S/C14H16N4O/c15-8-12-7-11(9-16-12)14-17-13(18-19-14)10-5-3-1-2-4-6-10/h7,9-10,16H,1-6H2. The van der Waals surface area contributed by atoms with E-state index < -0.39 is 0 Å². The number of aromatic amines is 1. The van der Waals surface area contributed by atoms with Gasteiger partial charge in [-0.25, -0.2) is 0 Å². The number of nitrogens with zero attached hydrogens (tertiary/aromatic N) is 3. The Kier molecular flexibility index (Phi) is 3.32. The first kappa shape index (κ1) is 12.0. The van der Waals surface area contributed by atoms with Crippen molar-refractivity contribution in [3.05, 3.63) is 23.8 Å². The highest BCUT2D eigenvalue weighted by Crippen LogP contribution is 2.31. The molecule has 5 heteroatoms. The average Bonchev–Trinajstić information content (AvgIpc) is 3.02. The van der Waals surface area contributed by atoms with Gasteiger partial charge in [0, 0.05) is 12.1 Å². The van der Waals surface area contributed by atoms with Crippen LogP contribution in [0.5, 0.6) is 0 Å². The van der Waals surface area contributed by atoms with Crippen molar-refractivity contribution in [3.63, 3.8) is 0 Å². The smallest absolute Gasteiger partial charge is 0.259 e. The highest BCUT2D eigenvalue weighted by molar-refractivity contribution is 5.54. The van der Waals surface area contributed by atoms with Gasteiger partial charge in [0.1, 0.15) is 11.8 Å². The summed E-state index contributed by atoms with van der Waals surface area (Å²) in [5.41, 5.74) is 1.29. The lowest BCUT2D eigenvalue weighted by Gasteiger charge is -2.07. The molecule has 2 aromatic rings. The summed E-state index contributed by atoms with van der Waals surface area (Å²) in [7, 11) is 0. The normalized spacial score (nSPS) is 17.0. The van der Waals surface area contributed by atoms with Crippen LogP contribution in [0.25, 0.3) is 11.5 Å². The van der Waals surface area contributed by atoms with Crippen molar-refractivity contribution in [3.8, 4) is 17.5 Å². The zero-order valence-corrected chi connectivity index (χ0v) is 10.7. The monoisotopic (exact) mass is 256 g/mol. The van der Waals surface area contributed by atoms with Crippen molar-refractivity contribution in [2.45, 2.75) is 44.4 Å². The molecular formula is C14H16N4O. The minimum absolute atomic E-state index is 0.425. The van der Waals surface area contributed by atoms with Gasteiger partial charge in [0.2, 0.25) is 0 Å². The van der Waals surface area contributed by atoms with Crippen LogP contribution in [0.15, 0.2) is 16.8 Å². The van der Waals surface area contributed by atoms with Crippen LogP contribution in [-0.4, -0.2) is 15.1 Å². The first-order valence-corrected chi connectivity index (χ1v) is 6.79. The summed E-state index contributed by atoms with van der Waals surface area (Å²) < 4.78 is 5.31. The Bertz CT molecular complexity index is 585. The number of nitrogens with one attached hydrogen (secondary N) is 1. The fraction of sp³-hybridized carbons (Fsp3) is 0.500. The first-order chi connectivity index (χ1) is 9.36. The Hall–Kier alpha value is -2.09. The largest absolute Gasteiger partial charge is 0.352 e. The van der Waals surface area contributed by atoms with Gasteiger partial charge >= 0.3 is 0 Å². The maximum Gasteiger partial charge on any atom is 0.259 e. The maximum absolute atomic E-state index is 8.79. The minimum Gasteiger partial charge on any atom is -0.352 e. The molecule has 0 unspecified atom stereocenters. The summed E-state index contributed by atoms with van der Waals surface area (Å²) in [6.45, 7) is 0. The van der Waals surface area contributed by atoms with Crippen LogP contribution >= 0.6 is 0 Å². The molecule has 1 aliphatic carbocycles. The Balaban J connectivity index is 1.80. The molecule has 0 bridgehead atoms. The number of hydrogen-bond donors (Lipinski definition) is 1. The third kappa shape index (κ3) is 2.53. The lowest BCUT2D eigenvalue weighted by molar-refractivity contribution is 0.410. The molecule has 0 radical (unpaired) electrons. The molecule has 0 atom stereocenters. The SMILES string of the molecule is N#Cc1cc(-c2nc(C3CCCCCC3)no2)c[nH]1. The molecule has 0 aliphatic heterocycles. The molecule has 0 aromatic carbocycles. The number of rotatable bonds is 2. The van der Waals surface area contributed by atoms with Crippen LogP contribution in [0, 0.1) is 11.3 Å². The van der Waals surface area contributed by atoms with Crippen molar-refractivity contribution < 1.29 is 4.52 Å². The van der Waals surface area contributed by atoms with Crippen molar-refractivity contribution in [2.75, 3.05) is 0 Å². The average molecular weight is 256 g/mol. The molecule has 2 heterocycles. The van der Waals surface area contributed by atoms with E-state index in [-0.39, 0.29) is 0 Å². The van der Waals surface area contributed by atoms with E-state index in [0.29, 0.717) is 17.5 Å². The Morgan fingerprint density at radius 1 is 1.26 bits per heavy atom. The van der Waals surface area contributed by atoms with Gasteiger partial charge in [-0.2, -0.15) is 10.2 Å². The van der Waals surface area contributed by atoms with Gasteiger partial charge in [-0.1, -0.05) is 30.8 Å². The molecule has 5 nitrogen and oxygen atoms in total. The van der Waals surface area contributed by atoms with Gasteiger partial charge in [0.15, 0.2) is 5.82 Å². The van der Waals surface area contributed by atoms with Gasteiger partial charge in [-0.05, 0) is 18.9 Å². The summed E-state index contributed by atoms with van der Waals surface area (Å²) in [4.78, 5) is 7.35. The first-order valence-electron chi connectivity index (χ1n) is 6.79. The van der Waals surface area contributed by atoms with E-state index in [0.717, 1.165) is 24.2 Å². The molecule has 19 heavy (non-hydrogen) atoms. The fourth-order valence-electron chi connectivity index (χ4n) is 2.64. The summed E-state index contributed by atoms with van der Waals surface area (Å²) in [5.74, 6) is 1.74. The van der Waals surface area contributed by atoms with Crippen molar-refractivity contribution in [1.82, 2.24) is 15.1 Å². The second-order valence-electron chi connectivity index (χ2n) is 5.06. The number of hydrogen-bond acceptors (Lipinski definition) is 4.